The molecule has 2 aliphatic rings. The van der Waals surface area contributed by atoms with Gasteiger partial charge in [0.05, 0.1) is 11.0 Å². The molecule has 0 aromatic carbocycles. The molecule has 0 aromatic heterocycles. The Morgan fingerprint density at radius 1 is 1.19 bits per heavy atom. The van der Waals surface area contributed by atoms with Crippen molar-refractivity contribution in [1.29, 1.82) is 0 Å². The first-order valence-corrected chi connectivity index (χ1v) is 8.03. The summed E-state index contributed by atoms with van der Waals surface area (Å²) in [5.74, 6) is 1.07. The van der Waals surface area contributed by atoms with Gasteiger partial charge < -0.3 is 10.6 Å². The van der Waals surface area contributed by atoms with Crippen LogP contribution in [0.15, 0.2) is 0 Å². The van der Waals surface area contributed by atoms with Gasteiger partial charge in [0.25, 0.3) is 0 Å². The lowest BCUT2D eigenvalue weighted by Crippen LogP contribution is -2.39. The molecule has 16 heavy (non-hydrogen) atoms. The van der Waals surface area contributed by atoms with Crippen LogP contribution >= 0.6 is 0 Å². The van der Waals surface area contributed by atoms with Gasteiger partial charge in [0.15, 0.2) is 9.84 Å². The molecule has 0 bridgehead atoms. The number of piperidine rings is 1. The third-order valence-electron chi connectivity index (χ3n) is 3.67. The monoisotopic (exact) mass is 246 g/mol. The molecule has 0 spiro atoms. The van der Waals surface area contributed by atoms with Crippen molar-refractivity contribution in [3.8, 4) is 0 Å². The predicted molar refractivity (Wildman–Crippen MR) is 65.3 cm³/mol. The van der Waals surface area contributed by atoms with E-state index in [1.807, 2.05) is 0 Å². The summed E-state index contributed by atoms with van der Waals surface area (Å²) in [5, 5.41) is 6.58. The maximum atomic E-state index is 11.6. The number of sulfone groups is 1. The second-order valence-electron chi connectivity index (χ2n) is 5.00. The van der Waals surface area contributed by atoms with E-state index in [4.69, 9.17) is 0 Å². The molecule has 0 aromatic rings. The Kier molecular flexibility index (Phi) is 4.21. The first-order chi connectivity index (χ1) is 7.68. The van der Waals surface area contributed by atoms with Gasteiger partial charge >= 0.3 is 0 Å². The van der Waals surface area contributed by atoms with Gasteiger partial charge in [0, 0.05) is 6.54 Å². The van der Waals surface area contributed by atoms with E-state index >= 15 is 0 Å². The van der Waals surface area contributed by atoms with Gasteiger partial charge in [-0.2, -0.15) is 0 Å². The number of rotatable bonds is 4. The average molecular weight is 246 g/mol. The fraction of sp³-hybridized carbons (Fsp3) is 1.00. The Balaban J connectivity index is 1.67. The Morgan fingerprint density at radius 2 is 2.06 bits per heavy atom. The van der Waals surface area contributed by atoms with Crippen LogP contribution in [-0.2, 0) is 9.84 Å². The molecule has 0 radical (unpaired) electrons. The van der Waals surface area contributed by atoms with Gasteiger partial charge in [-0.3, -0.25) is 0 Å². The van der Waals surface area contributed by atoms with Gasteiger partial charge in [-0.15, -0.1) is 0 Å². The van der Waals surface area contributed by atoms with E-state index in [-0.39, 0.29) is 5.25 Å². The molecule has 2 aliphatic heterocycles. The van der Waals surface area contributed by atoms with Crippen molar-refractivity contribution in [2.24, 2.45) is 5.92 Å². The normalized spacial score (nSPS) is 34.0. The van der Waals surface area contributed by atoms with E-state index in [1.54, 1.807) is 0 Å². The molecular weight excluding hydrogens is 224 g/mol. The number of nitrogens with one attached hydrogen (secondary N) is 2. The second kappa shape index (κ2) is 5.47. The third-order valence-corrected chi connectivity index (χ3v) is 5.94. The van der Waals surface area contributed by atoms with Crippen LogP contribution in [0.1, 0.15) is 25.7 Å². The zero-order chi connectivity index (χ0) is 11.4. The summed E-state index contributed by atoms with van der Waals surface area (Å²) in [6.07, 6.45) is 4.20. The molecule has 2 heterocycles. The summed E-state index contributed by atoms with van der Waals surface area (Å²) in [7, 11) is -2.77. The minimum absolute atomic E-state index is 0.121. The highest BCUT2D eigenvalue weighted by Gasteiger charge is 2.30. The fourth-order valence-corrected chi connectivity index (χ4v) is 4.43. The van der Waals surface area contributed by atoms with E-state index in [9.17, 15) is 8.42 Å². The topological polar surface area (TPSA) is 58.2 Å². The van der Waals surface area contributed by atoms with Crippen LogP contribution in [0.25, 0.3) is 0 Å². The summed E-state index contributed by atoms with van der Waals surface area (Å²) in [6.45, 7) is 3.82. The van der Waals surface area contributed by atoms with E-state index in [1.165, 1.54) is 12.8 Å². The number of hydrogen-bond acceptors (Lipinski definition) is 4. The fourth-order valence-electron chi connectivity index (χ4n) is 2.63. The van der Waals surface area contributed by atoms with Crippen LogP contribution in [0.2, 0.25) is 0 Å². The van der Waals surface area contributed by atoms with Crippen LogP contribution in [-0.4, -0.2) is 45.6 Å². The highest BCUT2D eigenvalue weighted by Crippen LogP contribution is 2.19. The predicted octanol–water partition coefficient (Wildman–Crippen LogP) is 0.153. The van der Waals surface area contributed by atoms with Crippen molar-refractivity contribution in [2.75, 3.05) is 31.9 Å². The summed E-state index contributed by atoms with van der Waals surface area (Å²) < 4.78 is 23.2. The minimum Gasteiger partial charge on any atom is -0.316 e. The van der Waals surface area contributed by atoms with E-state index in [2.05, 4.69) is 10.6 Å². The maximum absolute atomic E-state index is 11.6. The molecule has 2 fully saturated rings. The summed E-state index contributed by atoms with van der Waals surface area (Å²) in [4.78, 5) is 0. The Labute approximate surface area is 98.1 Å². The lowest BCUT2D eigenvalue weighted by atomic mass is 10.00. The molecule has 2 unspecified atom stereocenters. The third kappa shape index (κ3) is 3.18. The van der Waals surface area contributed by atoms with Crippen molar-refractivity contribution < 1.29 is 8.42 Å². The van der Waals surface area contributed by atoms with Crippen LogP contribution in [0.4, 0.5) is 0 Å². The van der Waals surface area contributed by atoms with Gasteiger partial charge in [0.2, 0.25) is 0 Å². The van der Waals surface area contributed by atoms with Gasteiger partial charge in [-0.1, -0.05) is 0 Å². The Hall–Kier alpha value is -0.130. The van der Waals surface area contributed by atoms with E-state index in [0.717, 1.165) is 32.5 Å². The van der Waals surface area contributed by atoms with Crippen molar-refractivity contribution in [3.05, 3.63) is 0 Å². The van der Waals surface area contributed by atoms with Gasteiger partial charge in [-0.05, 0) is 51.2 Å². The maximum Gasteiger partial charge on any atom is 0.154 e. The lowest BCUT2D eigenvalue weighted by Gasteiger charge is -2.23. The second-order valence-corrected chi connectivity index (χ2v) is 7.40. The van der Waals surface area contributed by atoms with Gasteiger partial charge in [0.1, 0.15) is 0 Å². The Bertz CT molecular complexity index is 310. The highest BCUT2D eigenvalue weighted by molar-refractivity contribution is 7.92. The first-order valence-electron chi connectivity index (χ1n) is 6.31. The first kappa shape index (κ1) is 12.3. The minimum atomic E-state index is -2.77. The van der Waals surface area contributed by atoms with Crippen LogP contribution < -0.4 is 10.6 Å². The molecule has 0 amide bonds. The molecule has 2 rings (SSSR count). The summed E-state index contributed by atoms with van der Waals surface area (Å²) in [6, 6.07) is 0. The molecule has 0 saturated carbocycles. The summed E-state index contributed by atoms with van der Waals surface area (Å²) in [5.41, 5.74) is 0. The SMILES string of the molecule is O=S1(=O)CCCC1CNCC1CCCNC1. The zero-order valence-electron chi connectivity index (χ0n) is 9.74. The molecule has 2 atom stereocenters. The molecule has 0 aliphatic carbocycles. The smallest absolute Gasteiger partial charge is 0.154 e. The van der Waals surface area contributed by atoms with E-state index < -0.39 is 9.84 Å². The standard InChI is InChI=1S/C11H22N2O2S/c14-16(15)6-2-4-11(16)9-13-8-10-3-1-5-12-7-10/h10-13H,1-9H2. The lowest BCUT2D eigenvalue weighted by molar-refractivity contribution is 0.360. The van der Waals surface area contributed by atoms with Crippen LogP contribution in [0, 0.1) is 5.92 Å². The van der Waals surface area contributed by atoms with Gasteiger partial charge in [-0.25, -0.2) is 8.42 Å². The van der Waals surface area contributed by atoms with Crippen LogP contribution in [0.5, 0.6) is 0 Å². The van der Waals surface area contributed by atoms with Crippen molar-refractivity contribution >= 4 is 9.84 Å². The molecular formula is C11H22N2O2S. The van der Waals surface area contributed by atoms with Crippen molar-refractivity contribution in [1.82, 2.24) is 10.6 Å². The highest BCUT2D eigenvalue weighted by atomic mass is 32.2. The quantitative estimate of drug-likeness (QED) is 0.741. The largest absolute Gasteiger partial charge is 0.316 e. The molecule has 4 nitrogen and oxygen atoms in total. The number of hydrogen-bond donors (Lipinski definition) is 2. The molecule has 2 N–H and O–H groups in total. The van der Waals surface area contributed by atoms with Crippen LogP contribution in [0.3, 0.4) is 0 Å². The average Bonchev–Trinajstić information content (AvgIpc) is 2.60. The summed E-state index contributed by atoms with van der Waals surface area (Å²) >= 11 is 0. The van der Waals surface area contributed by atoms with Crippen molar-refractivity contribution in [3.63, 3.8) is 0 Å². The molecule has 94 valence electrons. The Morgan fingerprint density at radius 3 is 2.69 bits per heavy atom. The van der Waals surface area contributed by atoms with E-state index in [0.29, 0.717) is 18.2 Å². The zero-order valence-corrected chi connectivity index (χ0v) is 10.6. The molecule has 5 heteroatoms. The molecule has 2 saturated heterocycles. The van der Waals surface area contributed by atoms with Crippen molar-refractivity contribution in [2.45, 2.75) is 30.9 Å².